The molecular formula is C22H27BrN2O6. The molecule has 31 heavy (non-hydrogen) atoms. The summed E-state index contributed by atoms with van der Waals surface area (Å²) in [6.45, 7) is 2.65. The lowest BCUT2D eigenvalue weighted by Gasteiger charge is -2.13. The minimum Gasteiger partial charge on any atom is -0.493 e. The molecule has 2 aromatic rings. The predicted molar refractivity (Wildman–Crippen MR) is 120 cm³/mol. The first-order valence-corrected chi connectivity index (χ1v) is 10.5. The summed E-state index contributed by atoms with van der Waals surface area (Å²) in [6.07, 6.45) is 1.96. The first-order valence-electron chi connectivity index (χ1n) is 9.73. The van der Waals surface area contributed by atoms with Crippen molar-refractivity contribution in [1.29, 1.82) is 0 Å². The van der Waals surface area contributed by atoms with Gasteiger partial charge < -0.3 is 18.9 Å². The molecular weight excluding hydrogens is 468 g/mol. The molecule has 8 nitrogen and oxygen atoms in total. The van der Waals surface area contributed by atoms with E-state index in [4.69, 9.17) is 18.9 Å². The number of ether oxygens (including phenoxy) is 4. The number of hydrogen-bond acceptors (Lipinski definition) is 6. The van der Waals surface area contributed by atoms with Gasteiger partial charge in [-0.1, -0.05) is 29.3 Å². The highest BCUT2D eigenvalue weighted by Crippen LogP contribution is 2.33. The fourth-order valence-electron chi connectivity index (χ4n) is 2.70. The zero-order valence-electron chi connectivity index (χ0n) is 18.0. The fraction of sp³-hybridized carbons (Fsp3) is 0.364. The molecule has 2 aromatic carbocycles. The molecule has 0 bridgehead atoms. The van der Waals surface area contributed by atoms with Crippen LogP contribution in [-0.2, 0) is 11.2 Å². The van der Waals surface area contributed by atoms with Gasteiger partial charge in [-0.2, -0.15) is 0 Å². The van der Waals surface area contributed by atoms with Crippen LogP contribution in [0.15, 0.2) is 34.8 Å². The standard InChI is InChI=1S/C22H27BrN2O6/c1-5-6-9-31-17-8-7-14(10-18(17)28-2)22(27)25-24-21(26)12-15-11-19(29-3)20(30-4)13-16(15)23/h7-8,10-11,13H,5-6,9,12H2,1-4H3,(H,24,26)(H,25,27). The Hall–Kier alpha value is -2.94. The van der Waals surface area contributed by atoms with Crippen molar-refractivity contribution in [3.05, 3.63) is 45.9 Å². The maximum absolute atomic E-state index is 12.4. The van der Waals surface area contributed by atoms with Gasteiger partial charge in [0.15, 0.2) is 23.0 Å². The number of carbonyl (C=O) groups excluding carboxylic acids is 2. The lowest BCUT2D eigenvalue weighted by molar-refractivity contribution is -0.121. The van der Waals surface area contributed by atoms with E-state index in [1.807, 2.05) is 0 Å². The van der Waals surface area contributed by atoms with Gasteiger partial charge in [-0.05, 0) is 42.3 Å². The Morgan fingerprint density at radius 3 is 2.19 bits per heavy atom. The van der Waals surface area contributed by atoms with Gasteiger partial charge in [0.25, 0.3) is 5.91 Å². The SMILES string of the molecule is CCCCOc1ccc(C(=O)NNC(=O)Cc2cc(OC)c(OC)cc2Br)cc1OC. The molecule has 2 N–H and O–H groups in total. The Balaban J connectivity index is 1.98. The number of rotatable bonds is 10. The van der Waals surface area contributed by atoms with Gasteiger partial charge in [-0.3, -0.25) is 20.4 Å². The van der Waals surface area contributed by atoms with E-state index in [0.717, 1.165) is 12.8 Å². The molecule has 0 aliphatic rings. The summed E-state index contributed by atoms with van der Waals surface area (Å²) >= 11 is 3.41. The largest absolute Gasteiger partial charge is 0.493 e. The Bertz CT molecular complexity index is 919. The van der Waals surface area contributed by atoms with Crippen LogP contribution in [0.4, 0.5) is 0 Å². The Labute approximate surface area is 190 Å². The summed E-state index contributed by atoms with van der Waals surface area (Å²) in [5, 5.41) is 0. The minimum atomic E-state index is -0.474. The average Bonchev–Trinajstić information content (AvgIpc) is 2.78. The quantitative estimate of drug-likeness (QED) is 0.386. The summed E-state index contributed by atoms with van der Waals surface area (Å²) in [6, 6.07) is 8.26. The highest BCUT2D eigenvalue weighted by Gasteiger charge is 2.15. The second kappa shape index (κ2) is 12.0. The lowest BCUT2D eigenvalue weighted by atomic mass is 10.1. The van der Waals surface area contributed by atoms with Gasteiger partial charge in [0.1, 0.15) is 0 Å². The second-order valence-electron chi connectivity index (χ2n) is 6.55. The third-order valence-corrected chi connectivity index (χ3v) is 5.14. The second-order valence-corrected chi connectivity index (χ2v) is 7.40. The van der Waals surface area contributed by atoms with Crippen LogP contribution < -0.4 is 29.8 Å². The maximum Gasteiger partial charge on any atom is 0.269 e. The fourth-order valence-corrected chi connectivity index (χ4v) is 3.16. The number of hydrogen-bond donors (Lipinski definition) is 2. The van der Waals surface area contributed by atoms with Crippen molar-refractivity contribution < 1.29 is 28.5 Å². The molecule has 0 unspecified atom stereocenters. The summed E-state index contributed by atoms with van der Waals surface area (Å²) in [7, 11) is 4.56. The number of methoxy groups -OCH3 is 3. The lowest BCUT2D eigenvalue weighted by Crippen LogP contribution is -2.42. The molecule has 0 spiro atoms. The van der Waals surface area contributed by atoms with Crippen LogP contribution in [-0.4, -0.2) is 39.8 Å². The van der Waals surface area contributed by atoms with E-state index < -0.39 is 11.8 Å². The van der Waals surface area contributed by atoms with E-state index in [2.05, 4.69) is 33.7 Å². The van der Waals surface area contributed by atoms with Gasteiger partial charge in [0.05, 0.1) is 34.4 Å². The van der Waals surface area contributed by atoms with Gasteiger partial charge in [0, 0.05) is 10.0 Å². The molecule has 0 radical (unpaired) electrons. The van der Waals surface area contributed by atoms with Gasteiger partial charge >= 0.3 is 0 Å². The number of benzene rings is 2. The van der Waals surface area contributed by atoms with Crippen LogP contribution in [0.5, 0.6) is 23.0 Å². The van der Waals surface area contributed by atoms with Gasteiger partial charge in [0.2, 0.25) is 5.91 Å². The van der Waals surface area contributed by atoms with Crippen LogP contribution in [0.3, 0.4) is 0 Å². The van der Waals surface area contributed by atoms with Crippen LogP contribution in [0.1, 0.15) is 35.7 Å². The number of carbonyl (C=O) groups is 2. The minimum absolute atomic E-state index is 0.0226. The summed E-state index contributed by atoms with van der Waals surface area (Å²) in [4.78, 5) is 24.7. The molecule has 0 heterocycles. The highest BCUT2D eigenvalue weighted by molar-refractivity contribution is 9.10. The number of amides is 2. The zero-order valence-corrected chi connectivity index (χ0v) is 19.6. The molecule has 0 aliphatic heterocycles. The first kappa shape index (κ1) is 24.3. The zero-order chi connectivity index (χ0) is 22.8. The maximum atomic E-state index is 12.4. The first-order chi connectivity index (χ1) is 14.9. The van der Waals surface area contributed by atoms with Crippen LogP contribution >= 0.6 is 15.9 Å². The van der Waals surface area contributed by atoms with Crippen molar-refractivity contribution >= 4 is 27.7 Å². The van der Waals surface area contributed by atoms with Crippen LogP contribution in [0.2, 0.25) is 0 Å². The van der Waals surface area contributed by atoms with Crippen LogP contribution in [0.25, 0.3) is 0 Å². The molecule has 0 aromatic heterocycles. The molecule has 0 aliphatic carbocycles. The van der Waals surface area contributed by atoms with Crippen molar-refractivity contribution in [2.75, 3.05) is 27.9 Å². The van der Waals surface area contributed by atoms with Crippen molar-refractivity contribution in [3.8, 4) is 23.0 Å². The number of nitrogens with one attached hydrogen (secondary N) is 2. The van der Waals surface area contributed by atoms with Crippen LogP contribution in [0, 0.1) is 0 Å². The van der Waals surface area contributed by atoms with Crippen molar-refractivity contribution in [1.82, 2.24) is 10.9 Å². The van der Waals surface area contributed by atoms with E-state index in [1.54, 1.807) is 30.3 Å². The molecule has 0 fully saturated rings. The number of unbranched alkanes of at least 4 members (excludes halogenated alkanes) is 1. The molecule has 2 rings (SSSR count). The third kappa shape index (κ3) is 6.78. The van der Waals surface area contributed by atoms with Gasteiger partial charge in [-0.25, -0.2) is 0 Å². The molecule has 0 saturated carbocycles. The van der Waals surface area contributed by atoms with E-state index in [9.17, 15) is 9.59 Å². The number of hydrazine groups is 1. The van der Waals surface area contributed by atoms with Crippen molar-refractivity contribution in [3.63, 3.8) is 0 Å². The molecule has 9 heteroatoms. The van der Waals surface area contributed by atoms with Gasteiger partial charge in [-0.15, -0.1) is 0 Å². The van der Waals surface area contributed by atoms with Crippen molar-refractivity contribution in [2.24, 2.45) is 0 Å². The third-order valence-electron chi connectivity index (χ3n) is 4.40. The molecule has 2 amide bonds. The average molecular weight is 495 g/mol. The normalized spacial score (nSPS) is 10.2. The Kier molecular flexibility index (Phi) is 9.45. The summed E-state index contributed by atoms with van der Waals surface area (Å²) in [5.74, 6) is 1.19. The van der Waals surface area contributed by atoms with E-state index in [1.165, 1.54) is 21.3 Å². The van der Waals surface area contributed by atoms with E-state index in [0.29, 0.717) is 45.2 Å². The monoisotopic (exact) mass is 494 g/mol. The number of halogens is 1. The topological polar surface area (TPSA) is 95.1 Å². The predicted octanol–water partition coefficient (Wildman–Crippen LogP) is 3.66. The smallest absolute Gasteiger partial charge is 0.269 e. The van der Waals surface area contributed by atoms with Crippen molar-refractivity contribution in [2.45, 2.75) is 26.2 Å². The summed E-state index contributed by atoms with van der Waals surface area (Å²) < 4.78 is 22.1. The summed E-state index contributed by atoms with van der Waals surface area (Å²) in [5.41, 5.74) is 5.83. The Morgan fingerprint density at radius 2 is 1.55 bits per heavy atom. The highest BCUT2D eigenvalue weighted by atomic mass is 79.9. The molecule has 168 valence electrons. The Morgan fingerprint density at radius 1 is 0.903 bits per heavy atom. The molecule has 0 saturated heterocycles. The molecule has 0 atom stereocenters. The van der Waals surface area contributed by atoms with E-state index in [-0.39, 0.29) is 6.42 Å². The van der Waals surface area contributed by atoms with E-state index >= 15 is 0 Å².